The van der Waals surface area contributed by atoms with Gasteiger partial charge in [0.2, 0.25) is 0 Å². The van der Waals surface area contributed by atoms with Gasteiger partial charge in [0.1, 0.15) is 0 Å². The van der Waals surface area contributed by atoms with Crippen molar-refractivity contribution >= 4 is 16.2 Å². The highest BCUT2D eigenvalue weighted by atomic mass is 32.2. The molecule has 0 aromatic carbocycles. The zero-order chi connectivity index (χ0) is 16.0. The second-order valence-corrected chi connectivity index (χ2v) is 7.74. The Hall–Kier alpha value is -0.700. The number of hydrogen-bond acceptors (Lipinski definition) is 5. The van der Waals surface area contributed by atoms with Gasteiger partial charge < -0.3 is 9.64 Å². The Kier molecular flexibility index (Phi) is 7.64. The van der Waals surface area contributed by atoms with Crippen molar-refractivity contribution in [2.75, 3.05) is 47.9 Å². The van der Waals surface area contributed by atoms with E-state index >= 15 is 0 Å². The molecule has 0 aliphatic heterocycles. The number of hydrogen-bond donors (Lipinski definition) is 1. The van der Waals surface area contributed by atoms with Crippen LogP contribution < -0.4 is 4.72 Å². The van der Waals surface area contributed by atoms with E-state index in [9.17, 15) is 13.2 Å². The molecule has 0 aromatic rings. The number of ether oxygens (including phenoxy) is 1. The van der Waals surface area contributed by atoms with Crippen molar-refractivity contribution in [2.24, 2.45) is 5.41 Å². The van der Waals surface area contributed by atoms with Crippen molar-refractivity contribution in [3.8, 4) is 0 Å². The lowest BCUT2D eigenvalue weighted by Gasteiger charge is -2.29. The van der Waals surface area contributed by atoms with Crippen molar-refractivity contribution < 1.29 is 17.9 Å². The summed E-state index contributed by atoms with van der Waals surface area (Å²) in [5, 5.41) is 0. The minimum Gasteiger partial charge on any atom is -0.469 e. The highest BCUT2D eigenvalue weighted by molar-refractivity contribution is 7.87. The van der Waals surface area contributed by atoms with Crippen LogP contribution in [0.5, 0.6) is 0 Å². The van der Waals surface area contributed by atoms with Crippen LogP contribution in [0.1, 0.15) is 20.3 Å². The summed E-state index contributed by atoms with van der Waals surface area (Å²) in [6.45, 7) is 5.17. The lowest BCUT2D eigenvalue weighted by atomic mass is 9.93. The highest BCUT2D eigenvalue weighted by Crippen LogP contribution is 2.15. The van der Waals surface area contributed by atoms with Crippen LogP contribution in [0.25, 0.3) is 0 Å². The van der Waals surface area contributed by atoms with Crippen molar-refractivity contribution in [1.82, 2.24) is 13.9 Å². The minimum atomic E-state index is -3.58. The van der Waals surface area contributed by atoms with Gasteiger partial charge in [-0.1, -0.05) is 13.8 Å². The molecule has 0 saturated carbocycles. The van der Waals surface area contributed by atoms with E-state index in [2.05, 4.69) is 9.46 Å². The number of carbonyl (C=O) groups is 1. The van der Waals surface area contributed by atoms with Crippen LogP contribution in [0.3, 0.4) is 0 Å². The number of rotatable bonds is 9. The summed E-state index contributed by atoms with van der Waals surface area (Å²) in [7, 11) is 3.02. The van der Waals surface area contributed by atoms with E-state index in [4.69, 9.17) is 0 Å². The van der Waals surface area contributed by atoms with Gasteiger partial charge in [0.05, 0.1) is 13.5 Å². The Morgan fingerprint density at radius 3 is 2.25 bits per heavy atom. The molecule has 7 nitrogen and oxygen atoms in total. The molecule has 0 spiro atoms. The van der Waals surface area contributed by atoms with Gasteiger partial charge in [0, 0.05) is 26.7 Å². The number of carbonyl (C=O) groups excluding carboxylic acids is 1. The van der Waals surface area contributed by atoms with E-state index in [1.54, 1.807) is 0 Å². The maximum absolute atomic E-state index is 12.0. The molecule has 0 heterocycles. The maximum atomic E-state index is 12.0. The highest BCUT2D eigenvalue weighted by Gasteiger charge is 2.24. The molecule has 1 N–H and O–H groups in total. The topological polar surface area (TPSA) is 78.9 Å². The zero-order valence-electron chi connectivity index (χ0n) is 13.3. The first-order valence-corrected chi connectivity index (χ1v) is 7.86. The number of nitrogens with zero attached hydrogens (tertiary/aromatic N) is 2. The summed E-state index contributed by atoms with van der Waals surface area (Å²) >= 11 is 0. The van der Waals surface area contributed by atoms with Gasteiger partial charge in [-0.3, -0.25) is 4.79 Å². The Labute approximate surface area is 122 Å². The number of esters is 1. The normalized spacial score (nSPS) is 13.0. The molecule has 120 valence electrons. The molecule has 0 radical (unpaired) electrons. The van der Waals surface area contributed by atoms with Crippen molar-refractivity contribution in [2.45, 2.75) is 20.3 Å². The Balaban J connectivity index is 4.40. The van der Waals surface area contributed by atoms with Crippen LogP contribution in [0.15, 0.2) is 0 Å². The summed E-state index contributed by atoms with van der Waals surface area (Å²) in [6.07, 6.45) is 0.0367. The van der Waals surface area contributed by atoms with Crippen LogP contribution in [-0.4, -0.2) is 71.5 Å². The first kappa shape index (κ1) is 19.3. The largest absolute Gasteiger partial charge is 0.469 e. The Morgan fingerprint density at radius 1 is 1.25 bits per heavy atom. The van der Waals surface area contributed by atoms with Crippen LogP contribution in [0, 0.1) is 5.41 Å². The first-order valence-electron chi connectivity index (χ1n) is 6.42. The SMILES string of the molecule is COC(=O)CCN(C)S(=O)(=O)NCC(C)(C)CN(C)C. The number of nitrogens with one attached hydrogen (secondary N) is 1. The molecule has 0 saturated heterocycles. The average molecular weight is 309 g/mol. The monoisotopic (exact) mass is 309 g/mol. The van der Waals surface area contributed by atoms with E-state index in [0.717, 1.165) is 10.8 Å². The van der Waals surface area contributed by atoms with Gasteiger partial charge in [-0.05, 0) is 19.5 Å². The molecule has 0 amide bonds. The molecular weight excluding hydrogens is 282 g/mol. The molecule has 0 rings (SSSR count). The van der Waals surface area contributed by atoms with E-state index in [0.29, 0.717) is 6.54 Å². The average Bonchev–Trinajstić information content (AvgIpc) is 2.31. The van der Waals surface area contributed by atoms with E-state index < -0.39 is 16.2 Å². The first-order chi connectivity index (χ1) is 9.00. The maximum Gasteiger partial charge on any atom is 0.306 e. The molecular formula is C12H27N3O4S. The fourth-order valence-electron chi connectivity index (χ4n) is 1.78. The molecule has 0 bridgehead atoms. The molecule has 0 fully saturated rings. The van der Waals surface area contributed by atoms with Crippen molar-refractivity contribution in [3.63, 3.8) is 0 Å². The predicted octanol–water partition coefficient (Wildman–Crippen LogP) is -0.0965. The second-order valence-electron chi connectivity index (χ2n) is 5.88. The summed E-state index contributed by atoms with van der Waals surface area (Å²) in [5.74, 6) is -0.431. The van der Waals surface area contributed by atoms with Gasteiger partial charge in [0.15, 0.2) is 0 Å². The standard InChI is InChI=1S/C12H27N3O4S/c1-12(2,10-14(3)4)9-13-20(17,18)15(5)8-7-11(16)19-6/h13H,7-10H2,1-6H3. The summed E-state index contributed by atoms with van der Waals surface area (Å²) in [5.41, 5.74) is -0.181. The summed E-state index contributed by atoms with van der Waals surface area (Å²) in [4.78, 5) is 13.0. The molecule has 0 aromatic heterocycles. The Bertz CT molecular complexity index is 407. The zero-order valence-corrected chi connectivity index (χ0v) is 14.1. The van der Waals surface area contributed by atoms with Crippen molar-refractivity contribution in [3.05, 3.63) is 0 Å². The smallest absolute Gasteiger partial charge is 0.306 e. The van der Waals surface area contributed by atoms with Crippen LogP contribution in [0.2, 0.25) is 0 Å². The predicted molar refractivity (Wildman–Crippen MR) is 78.5 cm³/mol. The molecule has 0 unspecified atom stereocenters. The van der Waals surface area contributed by atoms with Gasteiger partial charge >= 0.3 is 5.97 Å². The quantitative estimate of drug-likeness (QED) is 0.602. The van der Waals surface area contributed by atoms with E-state index in [1.165, 1.54) is 14.2 Å². The van der Waals surface area contributed by atoms with Gasteiger partial charge in [-0.2, -0.15) is 12.7 Å². The van der Waals surface area contributed by atoms with E-state index in [1.807, 2.05) is 32.8 Å². The number of methoxy groups -OCH3 is 1. The van der Waals surface area contributed by atoms with Gasteiger partial charge in [-0.15, -0.1) is 0 Å². The molecule has 8 heteroatoms. The third-order valence-electron chi connectivity index (χ3n) is 2.75. The lowest BCUT2D eigenvalue weighted by molar-refractivity contribution is -0.140. The summed E-state index contributed by atoms with van der Waals surface area (Å²) in [6, 6.07) is 0. The fraction of sp³-hybridized carbons (Fsp3) is 0.917. The molecule has 0 aliphatic rings. The van der Waals surface area contributed by atoms with Gasteiger partial charge in [0.25, 0.3) is 10.2 Å². The van der Waals surface area contributed by atoms with Crippen LogP contribution >= 0.6 is 0 Å². The molecule has 0 aliphatic carbocycles. The van der Waals surface area contributed by atoms with Crippen LogP contribution in [0.4, 0.5) is 0 Å². The van der Waals surface area contributed by atoms with Crippen LogP contribution in [-0.2, 0) is 19.7 Å². The third-order valence-corrected chi connectivity index (χ3v) is 4.26. The molecule has 0 atom stereocenters. The van der Waals surface area contributed by atoms with Gasteiger partial charge in [-0.25, -0.2) is 4.72 Å². The second kappa shape index (κ2) is 7.92. The fourth-order valence-corrected chi connectivity index (χ4v) is 2.90. The Morgan fingerprint density at radius 2 is 1.80 bits per heavy atom. The lowest BCUT2D eigenvalue weighted by Crippen LogP contribution is -2.45. The van der Waals surface area contributed by atoms with Crippen molar-refractivity contribution in [1.29, 1.82) is 0 Å². The molecule has 20 heavy (non-hydrogen) atoms. The third kappa shape index (κ3) is 7.78. The minimum absolute atomic E-state index is 0.0367. The summed E-state index contributed by atoms with van der Waals surface area (Å²) < 4.78 is 32.2. The van der Waals surface area contributed by atoms with E-state index in [-0.39, 0.29) is 18.4 Å².